The van der Waals surface area contributed by atoms with Gasteiger partial charge in [-0.05, 0) is 82.3 Å². The number of likely N-dealkylation sites (tertiary alicyclic amines) is 1. The molecule has 0 aromatic heterocycles. The summed E-state index contributed by atoms with van der Waals surface area (Å²) in [5.74, 6) is 1.65. The zero-order chi connectivity index (χ0) is 22.5. The van der Waals surface area contributed by atoms with Crippen LogP contribution in [0.15, 0.2) is 24.3 Å². The third-order valence-corrected chi connectivity index (χ3v) is 6.24. The minimum atomic E-state index is -0.785. The van der Waals surface area contributed by atoms with E-state index < -0.39 is 5.60 Å². The number of unbranched alkanes of at least 4 members (excludes halogenated alkanes) is 2. The van der Waals surface area contributed by atoms with Crippen LogP contribution < -0.4 is 10.1 Å². The Kier molecular flexibility index (Phi) is 11.4. The molecule has 1 fully saturated rings. The molecular weight excluding hydrogens is 388 g/mol. The predicted molar refractivity (Wildman–Crippen MR) is 129 cm³/mol. The minimum absolute atomic E-state index is 0.0680. The number of carbonyl (C=O) groups is 1. The van der Waals surface area contributed by atoms with Crippen molar-refractivity contribution in [1.29, 1.82) is 0 Å². The molecule has 0 radical (unpaired) electrons. The Labute approximate surface area is 189 Å². The molecule has 31 heavy (non-hydrogen) atoms. The third kappa shape index (κ3) is 9.20. The maximum atomic E-state index is 12.9. The molecule has 1 unspecified atom stereocenters. The van der Waals surface area contributed by atoms with Crippen LogP contribution in [0.4, 0.5) is 5.69 Å². The number of amides is 1. The summed E-state index contributed by atoms with van der Waals surface area (Å²) in [6.45, 7) is 13.3. The highest BCUT2D eigenvalue weighted by Crippen LogP contribution is 2.24. The molecule has 5 nitrogen and oxygen atoms in total. The lowest BCUT2D eigenvalue weighted by molar-refractivity contribution is -0.140. The second kappa shape index (κ2) is 13.7. The molecule has 0 bridgehead atoms. The van der Waals surface area contributed by atoms with E-state index in [9.17, 15) is 4.79 Å². The molecule has 5 heteroatoms. The Morgan fingerprint density at radius 3 is 2.42 bits per heavy atom. The molecule has 1 aliphatic rings. The Hall–Kier alpha value is -1.59. The highest BCUT2D eigenvalue weighted by Gasteiger charge is 2.33. The number of hydrogen-bond acceptors (Lipinski definition) is 4. The van der Waals surface area contributed by atoms with Crippen molar-refractivity contribution in [1.82, 2.24) is 4.90 Å². The molecule has 1 amide bonds. The summed E-state index contributed by atoms with van der Waals surface area (Å²) in [5, 5.41) is 3.03. The molecule has 1 saturated heterocycles. The highest BCUT2D eigenvalue weighted by atomic mass is 16.5. The molecule has 1 heterocycles. The van der Waals surface area contributed by atoms with Crippen molar-refractivity contribution in [3.63, 3.8) is 0 Å². The van der Waals surface area contributed by atoms with E-state index in [-0.39, 0.29) is 5.91 Å². The van der Waals surface area contributed by atoms with Gasteiger partial charge in [0.25, 0.3) is 5.91 Å². The molecular formula is C26H44N2O3. The third-order valence-electron chi connectivity index (χ3n) is 6.24. The number of nitrogens with zero attached hydrogens (tertiary/aromatic N) is 1. The van der Waals surface area contributed by atoms with Crippen LogP contribution in [0.2, 0.25) is 0 Å². The number of ether oxygens (including phenoxy) is 2. The lowest BCUT2D eigenvalue weighted by atomic mass is 9.96. The lowest BCUT2D eigenvalue weighted by Crippen LogP contribution is -2.43. The molecule has 1 N–H and O–H groups in total. The zero-order valence-corrected chi connectivity index (χ0v) is 20.3. The average molecular weight is 433 g/mol. The summed E-state index contributed by atoms with van der Waals surface area (Å²) in [4.78, 5) is 15.5. The fraction of sp³-hybridized carbons (Fsp3) is 0.731. The molecule has 2 rings (SSSR count). The Morgan fingerprint density at radius 2 is 1.77 bits per heavy atom. The van der Waals surface area contributed by atoms with Gasteiger partial charge in [-0.1, -0.05) is 40.0 Å². The van der Waals surface area contributed by atoms with Crippen molar-refractivity contribution in [2.75, 3.05) is 38.2 Å². The maximum Gasteiger partial charge on any atom is 0.256 e. The second-order valence-corrected chi connectivity index (χ2v) is 9.24. The quantitative estimate of drug-likeness (QED) is 0.372. The van der Waals surface area contributed by atoms with E-state index >= 15 is 0 Å². The number of hydrogen-bond donors (Lipinski definition) is 1. The normalized spacial score (nSPS) is 17.3. The summed E-state index contributed by atoms with van der Waals surface area (Å²) < 4.78 is 11.9. The number of benzene rings is 1. The smallest absolute Gasteiger partial charge is 0.256 e. The van der Waals surface area contributed by atoms with Crippen molar-refractivity contribution < 1.29 is 14.3 Å². The van der Waals surface area contributed by atoms with Crippen LogP contribution in [0, 0.1) is 5.92 Å². The van der Waals surface area contributed by atoms with Gasteiger partial charge < -0.3 is 19.7 Å². The standard InChI is InChI=1S/C26H44N2O3/c1-5-7-8-16-26(4,31-20-6-2)25(29)27-23-10-12-24(13-11-23)30-21-9-17-28-18-14-22(3)15-19-28/h10-13,22H,5-9,14-21H2,1-4H3,(H,27,29). The number of carbonyl (C=O) groups excluding carboxylic acids is 1. The van der Waals surface area contributed by atoms with Crippen molar-refractivity contribution in [3.8, 4) is 5.75 Å². The van der Waals surface area contributed by atoms with Crippen LogP contribution in [0.25, 0.3) is 0 Å². The van der Waals surface area contributed by atoms with E-state index in [1.807, 2.05) is 31.2 Å². The van der Waals surface area contributed by atoms with Crippen molar-refractivity contribution in [3.05, 3.63) is 24.3 Å². The van der Waals surface area contributed by atoms with Crippen molar-refractivity contribution in [2.45, 2.75) is 84.7 Å². The van der Waals surface area contributed by atoms with Crippen molar-refractivity contribution in [2.24, 2.45) is 5.92 Å². The minimum Gasteiger partial charge on any atom is -0.494 e. The monoisotopic (exact) mass is 432 g/mol. The lowest BCUT2D eigenvalue weighted by Gasteiger charge is -2.30. The van der Waals surface area contributed by atoms with Crippen LogP contribution in [-0.4, -0.2) is 49.3 Å². The second-order valence-electron chi connectivity index (χ2n) is 9.24. The first-order valence-corrected chi connectivity index (χ1v) is 12.4. The first-order chi connectivity index (χ1) is 15.0. The van der Waals surface area contributed by atoms with Gasteiger partial charge in [-0.2, -0.15) is 0 Å². The summed E-state index contributed by atoms with van der Waals surface area (Å²) in [6.07, 6.45) is 8.55. The topological polar surface area (TPSA) is 50.8 Å². The Balaban J connectivity index is 1.77. The molecule has 1 aliphatic heterocycles. The summed E-state index contributed by atoms with van der Waals surface area (Å²) in [6, 6.07) is 7.68. The van der Waals surface area contributed by atoms with Gasteiger partial charge in [-0.15, -0.1) is 0 Å². The SMILES string of the molecule is CCCCCC(C)(OCCC)C(=O)Nc1ccc(OCCCN2CCC(C)CC2)cc1. The molecule has 1 atom stereocenters. The zero-order valence-electron chi connectivity index (χ0n) is 20.3. The number of nitrogens with one attached hydrogen (secondary N) is 1. The molecule has 0 aliphatic carbocycles. The van der Waals surface area contributed by atoms with E-state index in [4.69, 9.17) is 9.47 Å². The first-order valence-electron chi connectivity index (χ1n) is 12.4. The molecule has 0 spiro atoms. The van der Waals surface area contributed by atoms with Gasteiger partial charge in [0.2, 0.25) is 0 Å². The van der Waals surface area contributed by atoms with Crippen LogP contribution in [0.1, 0.15) is 79.1 Å². The van der Waals surface area contributed by atoms with Gasteiger partial charge in [0.15, 0.2) is 0 Å². The highest BCUT2D eigenvalue weighted by molar-refractivity contribution is 5.97. The number of piperidine rings is 1. The van der Waals surface area contributed by atoms with Gasteiger partial charge >= 0.3 is 0 Å². The first kappa shape index (κ1) is 25.7. The van der Waals surface area contributed by atoms with E-state index in [2.05, 4.69) is 31.0 Å². The molecule has 1 aromatic rings. The van der Waals surface area contributed by atoms with Gasteiger partial charge in [0, 0.05) is 18.8 Å². The predicted octanol–water partition coefficient (Wildman–Crippen LogP) is 5.89. The number of anilines is 1. The van der Waals surface area contributed by atoms with Gasteiger partial charge in [0.1, 0.15) is 11.4 Å². The fourth-order valence-electron chi connectivity index (χ4n) is 3.95. The summed E-state index contributed by atoms with van der Waals surface area (Å²) >= 11 is 0. The van der Waals surface area contributed by atoms with Crippen LogP contribution in [-0.2, 0) is 9.53 Å². The van der Waals surface area contributed by atoms with Gasteiger partial charge in [-0.25, -0.2) is 0 Å². The summed E-state index contributed by atoms with van der Waals surface area (Å²) in [5.41, 5.74) is -0.00586. The van der Waals surface area contributed by atoms with E-state index in [1.165, 1.54) is 25.9 Å². The number of rotatable bonds is 14. The summed E-state index contributed by atoms with van der Waals surface area (Å²) in [7, 11) is 0. The van der Waals surface area contributed by atoms with E-state index in [0.717, 1.165) is 69.0 Å². The molecule has 0 saturated carbocycles. The van der Waals surface area contributed by atoms with Crippen LogP contribution >= 0.6 is 0 Å². The van der Waals surface area contributed by atoms with Gasteiger partial charge in [-0.3, -0.25) is 4.79 Å². The Bertz CT molecular complexity index is 626. The van der Waals surface area contributed by atoms with Crippen LogP contribution in [0.3, 0.4) is 0 Å². The fourth-order valence-corrected chi connectivity index (χ4v) is 3.95. The molecule has 1 aromatic carbocycles. The van der Waals surface area contributed by atoms with Gasteiger partial charge in [0.05, 0.1) is 6.61 Å². The van der Waals surface area contributed by atoms with Crippen LogP contribution in [0.5, 0.6) is 5.75 Å². The maximum absolute atomic E-state index is 12.9. The Morgan fingerprint density at radius 1 is 1.06 bits per heavy atom. The molecule has 176 valence electrons. The van der Waals surface area contributed by atoms with Crippen molar-refractivity contribution >= 4 is 11.6 Å². The average Bonchev–Trinajstić information content (AvgIpc) is 2.78. The van der Waals surface area contributed by atoms with E-state index in [0.29, 0.717) is 6.61 Å². The van der Waals surface area contributed by atoms with E-state index in [1.54, 1.807) is 0 Å². The largest absolute Gasteiger partial charge is 0.494 e.